The van der Waals surface area contributed by atoms with Gasteiger partial charge in [0.15, 0.2) is 5.03 Å². The number of aryl methyl sites for hydroxylation is 1. The third-order valence-electron chi connectivity index (χ3n) is 1.58. The highest BCUT2D eigenvalue weighted by Gasteiger charge is 2.16. The molecule has 0 bridgehead atoms. The molecule has 0 spiro atoms. The number of hydrogen-bond acceptors (Lipinski definition) is 4. The van der Waals surface area contributed by atoms with E-state index in [1.165, 1.54) is 16.9 Å². The topological polar surface area (TPSA) is 87.8 Å². The second kappa shape index (κ2) is 4.21. The third kappa shape index (κ3) is 2.31. The molecule has 1 heterocycles. The van der Waals surface area contributed by atoms with Crippen molar-refractivity contribution < 1.29 is 8.42 Å². The first-order chi connectivity index (χ1) is 6.58. The summed E-state index contributed by atoms with van der Waals surface area (Å²) in [4.78, 5) is 0. The zero-order chi connectivity index (χ0) is 10.6. The summed E-state index contributed by atoms with van der Waals surface area (Å²) in [5.74, 6) is 0. The number of sulfonamides is 1. The predicted octanol–water partition coefficient (Wildman–Crippen LogP) is -0.388. The second-order valence-corrected chi connectivity index (χ2v) is 4.31. The van der Waals surface area contributed by atoms with Crippen molar-refractivity contribution in [2.75, 3.05) is 6.54 Å². The summed E-state index contributed by atoms with van der Waals surface area (Å²) < 4.78 is 26.6. The van der Waals surface area contributed by atoms with E-state index in [1.54, 1.807) is 7.05 Å². The van der Waals surface area contributed by atoms with Gasteiger partial charge in [0, 0.05) is 20.0 Å². The minimum atomic E-state index is -3.52. The van der Waals surface area contributed by atoms with Gasteiger partial charge in [-0.1, -0.05) is 0 Å². The molecule has 0 saturated carbocycles. The van der Waals surface area contributed by atoms with Crippen LogP contribution in [0.3, 0.4) is 0 Å². The Morgan fingerprint density at radius 2 is 2.43 bits per heavy atom. The lowest BCUT2D eigenvalue weighted by molar-refractivity contribution is 0.564. The number of nitriles is 1. The summed E-state index contributed by atoms with van der Waals surface area (Å²) in [6.07, 6.45) is 1.55. The molecule has 14 heavy (non-hydrogen) atoms. The van der Waals surface area contributed by atoms with Crippen molar-refractivity contribution in [2.24, 2.45) is 7.05 Å². The Hall–Kier alpha value is -1.39. The van der Waals surface area contributed by atoms with E-state index in [2.05, 4.69) is 9.82 Å². The molecule has 0 aliphatic rings. The van der Waals surface area contributed by atoms with Crippen LogP contribution in [-0.4, -0.2) is 24.7 Å². The molecule has 0 aliphatic carbocycles. The Kier molecular flexibility index (Phi) is 3.22. The summed E-state index contributed by atoms with van der Waals surface area (Å²) in [6.45, 7) is 0.115. The zero-order valence-corrected chi connectivity index (χ0v) is 8.45. The highest BCUT2D eigenvalue weighted by molar-refractivity contribution is 7.89. The van der Waals surface area contributed by atoms with Crippen molar-refractivity contribution in [1.82, 2.24) is 14.5 Å². The monoisotopic (exact) mass is 214 g/mol. The van der Waals surface area contributed by atoms with E-state index in [0.29, 0.717) is 0 Å². The van der Waals surface area contributed by atoms with Crippen LogP contribution in [0.15, 0.2) is 17.3 Å². The van der Waals surface area contributed by atoms with Crippen molar-refractivity contribution >= 4 is 10.0 Å². The Labute approximate surface area is 82.2 Å². The summed E-state index contributed by atoms with van der Waals surface area (Å²) in [5.41, 5.74) is 0. The van der Waals surface area contributed by atoms with Gasteiger partial charge in [0.05, 0.1) is 12.3 Å². The summed E-state index contributed by atoms with van der Waals surface area (Å²) >= 11 is 0. The van der Waals surface area contributed by atoms with Crippen LogP contribution in [0.1, 0.15) is 6.42 Å². The molecule has 0 amide bonds. The quantitative estimate of drug-likeness (QED) is 0.691. The first-order valence-electron chi connectivity index (χ1n) is 3.92. The average Bonchev–Trinajstić information content (AvgIpc) is 2.52. The molecule has 0 aliphatic heterocycles. The van der Waals surface area contributed by atoms with Crippen LogP contribution >= 0.6 is 0 Å². The van der Waals surface area contributed by atoms with Crippen LogP contribution < -0.4 is 4.72 Å². The highest BCUT2D eigenvalue weighted by atomic mass is 32.2. The molecule has 0 atom stereocenters. The number of hydrogen-bond donors (Lipinski definition) is 1. The van der Waals surface area contributed by atoms with Gasteiger partial charge in [0.25, 0.3) is 10.0 Å². The van der Waals surface area contributed by atoms with Gasteiger partial charge in [0.2, 0.25) is 0 Å². The van der Waals surface area contributed by atoms with Gasteiger partial charge in [0.1, 0.15) is 0 Å². The van der Waals surface area contributed by atoms with Gasteiger partial charge in [-0.2, -0.15) is 10.4 Å². The average molecular weight is 214 g/mol. The molecule has 76 valence electrons. The minimum Gasteiger partial charge on any atom is -0.256 e. The standard InChI is InChI=1S/C7H10N4O2S/c1-11-7(3-6-9-11)14(12,13)10-5-2-4-8/h3,6,10H,2,5H2,1H3. The fourth-order valence-corrected chi connectivity index (χ4v) is 2.09. The number of nitrogens with zero attached hydrogens (tertiary/aromatic N) is 3. The largest absolute Gasteiger partial charge is 0.257 e. The maximum Gasteiger partial charge on any atom is 0.257 e. The fourth-order valence-electron chi connectivity index (χ4n) is 0.941. The maximum atomic E-state index is 11.5. The van der Waals surface area contributed by atoms with Gasteiger partial charge >= 0.3 is 0 Å². The van der Waals surface area contributed by atoms with Crippen molar-refractivity contribution in [1.29, 1.82) is 5.26 Å². The SMILES string of the molecule is Cn1nccc1S(=O)(=O)NCCC#N. The van der Waals surface area contributed by atoms with Gasteiger partial charge in [-0.05, 0) is 6.07 Å². The van der Waals surface area contributed by atoms with Crippen LogP contribution in [0, 0.1) is 11.3 Å². The van der Waals surface area contributed by atoms with Crippen molar-refractivity contribution in [3.05, 3.63) is 12.3 Å². The van der Waals surface area contributed by atoms with Crippen molar-refractivity contribution in [3.63, 3.8) is 0 Å². The molecular formula is C7H10N4O2S. The van der Waals surface area contributed by atoms with E-state index in [9.17, 15) is 8.42 Å². The van der Waals surface area contributed by atoms with Gasteiger partial charge in [-0.3, -0.25) is 4.68 Å². The van der Waals surface area contributed by atoms with Crippen LogP contribution in [0.4, 0.5) is 0 Å². The number of nitrogens with one attached hydrogen (secondary N) is 1. The van der Waals surface area contributed by atoms with Crippen LogP contribution in [0.5, 0.6) is 0 Å². The maximum absolute atomic E-state index is 11.5. The lowest BCUT2D eigenvalue weighted by Gasteiger charge is -2.04. The van der Waals surface area contributed by atoms with Gasteiger partial charge in [-0.25, -0.2) is 13.1 Å². The van der Waals surface area contributed by atoms with E-state index in [1.807, 2.05) is 6.07 Å². The van der Waals surface area contributed by atoms with E-state index in [0.717, 1.165) is 0 Å². The van der Waals surface area contributed by atoms with E-state index < -0.39 is 10.0 Å². The molecule has 0 aromatic carbocycles. The van der Waals surface area contributed by atoms with E-state index in [-0.39, 0.29) is 18.0 Å². The number of rotatable bonds is 4. The summed E-state index contributed by atoms with van der Waals surface area (Å²) in [6, 6.07) is 3.25. The van der Waals surface area contributed by atoms with E-state index >= 15 is 0 Å². The molecule has 0 unspecified atom stereocenters. The predicted molar refractivity (Wildman–Crippen MR) is 48.6 cm³/mol. The molecule has 1 aromatic rings. The molecule has 1 aromatic heterocycles. The zero-order valence-electron chi connectivity index (χ0n) is 7.64. The van der Waals surface area contributed by atoms with E-state index in [4.69, 9.17) is 5.26 Å². The van der Waals surface area contributed by atoms with Gasteiger partial charge < -0.3 is 0 Å². The highest BCUT2D eigenvalue weighted by Crippen LogP contribution is 2.05. The smallest absolute Gasteiger partial charge is 0.256 e. The lowest BCUT2D eigenvalue weighted by Crippen LogP contribution is -2.26. The normalized spacial score (nSPS) is 11.1. The Morgan fingerprint density at radius 3 is 2.93 bits per heavy atom. The molecule has 0 saturated heterocycles. The first-order valence-corrected chi connectivity index (χ1v) is 5.41. The third-order valence-corrected chi connectivity index (χ3v) is 3.12. The van der Waals surface area contributed by atoms with Crippen molar-refractivity contribution in [2.45, 2.75) is 11.4 Å². The molecule has 1 N–H and O–H groups in total. The molecule has 7 heteroatoms. The molecule has 6 nitrogen and oxygen atoms in total. The Morgan fingerprint density at radius 1 is 1.71 bits per heavy atom. The molecule has 1 rings (SSSR count). The van der Waals surface area contributed by atoms with Gasteiger partial charge in [-0.15, -0.1) is 0 Å². The molecule has 0 radical (unpaired) electrons. The second-order valence-electron chi connectivity index (χ2n) is 2.60. The minimum absolute atomic E-state index is 0.0930. The number of aromatic nitrogens is 2. The van der Waals surface area contributed by atoms with Crippen molar-refractivity contribution in [3.8, 4) is 6.07 Å². The summed E-state index contributed by atoms with van der Waals surface area (Å²) in [5, 5.41) is 12.1. The lowest BCUT2D eigenvalue weighted by atomic mass is 10.5. The Balaban J connectivity index is 2.78. The van der Waals surface area contributed by atoms with Crippen LogP contribution in [0.25, 0.3) is 0 Å². The summed E-state index contributed by atoms with van der Waals surface area (Å²) in [7, 11) is -1.98. The fraction of sp³-hybridized carbons (Fsp3) is 0.429. The first kappa shape index (κ1) is 10.7. The Bertz CT molecular complexity index is 443. The molecular weight excluding hydrogens is 204 g/mol. The van der Waals surface area contributed by atoms with Crippen LogP contribution in [-0.2, 0) is 17.1 Å². The van der Waals surface area contributed by atoms with Crippen LogP contribution in [0.2, 0.25) is 0 Å². The molecule has 0 fully saturated rings.